The summed E-state index contributed by atoms with van der Waals surface area (Å²) in [5.41, 5.74) is 3.35. The van der Waals surface area contributed by atoms with E-state index >= 15 is 0 Å². The molecule has 0 N–H and O–H groups in total. The Hall–Kier alpha value is -0.790. The lowest BCUT2D eigenvalue weighted by Crippen LogP contribution is -2.42. The minimum atomic E-state index is -0.334. The zero-order valence-corrected chi connectivity index (χ0v) is 13.8. The molecule has 0 aromatic carbocycles. The summed E-state index contributed by atoms with van der Waals surface area (Å²) in [4.78, 5) is 11.6. The summed E-state index contributed by atoms with van der Waals surface area (Å²) in [6.45, 7) is 10.8. The van der Waals surface area contributed by atoms with Crippen LogP contribution in [0.4, 0.5) is 0 Å². The third-order valence-electron chi connectivity index (χ3n) is 5.67. The van der Waals surface area contributed by atoms with Gasteiger partial charge in [0.25, 0.3) is 0 Å². The van der Waals surface area contributed by atoms with Gasteiger partial charge in [-0.25, -0.2) is 0 Å². The van der Waals surface area contributed by atoms with Crippen molar-refractivity contribution >= 4 is 5.97 Å². The number of hydrogen-bond donors (Lipinski definition) is 0. The summed E-state index contributed by atoms with van der Waals surface area (Å²) in [5, 5.41) is 0. The van der Waals surface area contributed by atoms with E-state index in [1.165, 1.54) is 32.1 Å². The predicted octanol–water partition coefficient (Wildman–Crippen LogP) is 5.03. The van der Waals surface area contributed by atoms with Crippen LogP contribution in [0.1, 0.15) is 79.6 Å². The first kappa shape index (κ1) is 15.6. The number of esters is 1. The number of carbonyl (C=O) groups is 1. The fourth-order valence-corrected chi connectivity index (χ4v) is 4.14. The zero-order chi connectivity index (χ0) is 15.0. The van der Waals surface area contributed by atoms with E-state index in [1.54, 1.807) is 11.1 Å². The number of fused-ring (bicyclic) bond motifs is 1. The standard InChI is InChI=1S/C18H30O2/c1-6-16(19)20-17(3,4)14-9-11-18(5)10-7-8-13(2)15(18)12-14/h14H,6-12H2,1-5H3/t14-,18-/m1/s1. The molecule has 0 amide bonds. The van der Waals surface area contributed by atoms with Crippen molar-refractivity contribution in [1.82, 2.24) is 0 Å². The molecule has 2 aliphatic rings. The van der Waals surface area contributed by atoms with Crippen LogP contribution in [-0.2, 0) is 9.53 Å². The first-order valence-corrected chi connectivity index (χ1v) is 8.19. The lowest BCUT2D eigenvalue weighted by atomic mass is 9.59. The Balaban J connectivity index is 2.15. The van der Waals surface area contributed by atoms with Crippen LogP contribution in [0.5, 0.6) is 0 Å². The smallest absolute Gasteiger partial charge is 0.306 e. The Kier molecular flexibility index (Phi) is 4.32. The van der Waals surface area contributed by atoms with Crippen molar-refractivity contribution in [1.29, 1.82) is 0 Å². The Morgan fingerprint density at radius 1 is 1.40 bits per heavy atom. The summed E-state index contributed by atoms with van der Waals surface area (Å²) in [6.07, 6.45) is 7.94. The summed E-state index contributed by atoms with van der Waals surface area (Å²) in [6, 6.07) is 0. The van der Waals surface area contributed by atoms with Gasteiger partial charge in [0.15, 0.2) is 0 Å². The molecule has 0 heterocycles. The number of hydrogen-bond acceptors (Lipinski definition) is 2. The summed E-state index contributed by atoms with van der Waals surface area (Å²) >= 11 is 0. The first-order valence-electron chi connectivity index (χ1n) is 8.19. The largest absolute Gasteiger partial charge is 0.459 e. The van der Waals surface area contributed by atoms with E-state index in [1.807, 2.05) is 6.92 Å². The van der Waals surface area contributed by atoms with Gasteiger partial charge in [0.05, 0.1) is 0 Å². The maximum absolute atomic E-state index is 11.6. The van der Waals surface area contributed by atoms with Gasteiger partial charge in [-0.3, -0.25) is 4.79 Å². The van der Waals surface area contributed by atoms with E-state index < -0.39 is 0 Å². The normalized spacial score (nSPS) is 30.9. The monoisotopic (exact) mass is 278 g/mol. The maximum Gasteiger partial charge on any atom is 0.306 e. The van der Waals surface area contributed by atoms with Crippen molar-refractivity contribution in [2.24, 2.45) is 11.3 Å². The van der Waals surface area contributed by atoms with Crippen LogP contribution in [0.15, 0.2) is 11.1 Å². The minimum absolute atomic E-state index is 0.0716. The summed E-state index contributed by atoms with van der Waals surface area (Å²) in [7, 11) is 0. The topological polar surface area (TPSA) is 26.3 Å². The maximum atomic E-state index is 11.6. The Morgan fingerprint density at radius 3 is 2.75 bits per heavy atom. The molecule has 2 aliphatic carbocycles. The summed E-state index contributed by atoms with van der Waals surface area (Å²) in [5.74, 6) is 0.395. The van der Waals surface area contributed by atoms with E-state index in [4.69, 9.17) is 4.74 Å². The minimum Gasteiger partial charge on any atom is -0.459 e. The Bertz CT molecular complexity index is 419. The highest BCUT2D eigenvalue weighted by molar-refractivity contribution is 5.69. The second-order valence-corrected chi connectivity index (χ2v) is 7.54. The van der Waals surface area contributed by atoms with Gasteiger partial charge in [-0.1, -0.05) is 25.0 Å². The molecule has 0 bridgehead atoms. The molecule has 1 fully saturated rings. The molecule has 1 saturated carbocycles. The third kappa shape index (κ3) is 2.94. The highest BCUT2D eigenvalue weighted by Gasteiger charge is 2.43. The molecule has 0 aliphatic heterocycles. The van der Waals surface area contributed by atoms with Crippen molar-refractivity contribution in [2.75, 3.05) is 0 Å². The molecule has 0 spiro atoms. The van der Waals surface area contributed by atoms with Gasteiger partial charge in [0, 0.05) is 12.3 Å². The molecule has 2 atom stereocenters. The van der Waals surface area contributed by atoms with Crippen LogP contribution in [0.3, 0.4) is 0 Å². The van der Waals surface area contributed by atoms with Crippen LogP contribution in [0.25, 0.3) is 0 Å². The Labute approximate surface area is 124 Å². The molecule has 0 aromatic heterocycles. The van der Waals surface area contributed by atoms with Gasteiger partial charge in [-0.05, 0) is 64.7 Å². The lowest BCUT2D eigenvalue weighted by molar-refractivity contribution is -0.162. The zero-order valence-electron chi connectivity index (χ0n) is 13.8. The van der Waals surface area contributed by atoms with Crippen LogP contribution >= 0.6 is 0 Å². The van der Waals surface area contributed by atoms with Crippen molar-refractivity contribution in [3.05, 3.63) is 11.1 Å². The number of rotatable bonds is 3. The van der Waals surface area contributed by atoms with Crippen LogP contribution in [0.2, 0.25) is 0 Å². The molecule has 114 valence electrons. The molecular weight excluding hydrogens is 248 g/mol. The van der Waals surface area contributed by atoms with Crippen molar-refractivity contribution in [2.45, 2.75) is 85.2 Å². The first-order chi connectivity index (χ1) is 9.28. The van der Waals surface area contributed by atoms with Crippen LogP contribution in [0, 0.1) is 11.3 Å². The second-order valence-electron chi connectivity index (χ2n) is 7.54. The van der Waals surface area contributed by atoms with Gasteiger partial charge in [-0.15, -0.1) is 0 Å². The molecule has 0 saturated heterocycles. The molecule has 0 unspecified atom stereocenters. The number of carbonyl (C=O) groups excluding carboxylic acids is 1. The highest BCUT2D eigenvalue weighted by Crippen LogP contribution is 2.53. The van der Waals surface area contributed by atoms with Gasteiger partial charge in [-0.2, -0.15) is 0 Å². The van der Waals surface area contributed by atoms with Crippen molar-refractivity contribution in [3.63, 3.8) is 0 Å². The molecule has 0 radical (unpaired) electrons. The Morgan fingerprint density at radius 2 is 2.10 bits per heavy atom. The van der Waals surface area contributed by atoms with Gasteiger partial charge in [0.2, 0.25) is 0 Å². The molecule has 2 nitrogen and oxygen atoms in total. The number of allylic oxidation sites excluding steroid dienone is 2. The summed E-state index contributed by atoms with van der Waals surface area (Å²) < 4.78 is 5.71. The van der Waals surface area contributed by atoms with Crippen molar-refractivity contribution in [3.8, 4) is 0 Å². The van der Waals surface area contributed by atoms with Crippen LogP contribution in [-0.4, -0.2) is 11.6 Å². The van der Waals surface area contributed by atoms with E-state index in [-0.39, 0.29) is 11.6 Å². The molecule has 0 aromatic rings. The van der Waals surface area contributed by atoms with E-state index in [0.717, 1.165) is 6.42 Å². The predicted molar refractivity (Wildman–Crippen MR) is 82.5 cm³/mol. The van der Waals surface area contributed by atoms with E-state index in [2.05, 4.69) is 27.7 Å². The molecule has 2 heteroatoms. The van der Waals surface area contributed by atoms with Gasteiger partial charge < -0.3 is 4.74 Å². The molecular formula is C18H30O2. The molecule has 20 heavy (non-hydrogen) atoms. The van der Waals surface area contributed by atoms with E-state index in [0.29, 0.717) is 17.8 Å². The lowest BCUT2D eigenvalue weighted by Gasteiger charge is -2.47. The van der Waals surface area contributed by atoms with Gasteiger partial charge >= 0.3 is 5.97 Å². The van der Waals surface area contributed by atoms with E-state index in [9.17, 15) is 4.79 Å². The average molecular weight is 278 g/mol. The molecule has 2 rings (SSSR count). The highest BCUT2D eigenvalue weighted by atomic mass is 16.6. The average Bonchev–Trinajstić information content (AvgIpc) is 2.37. The third-order valence-corrected chi connectivity index (χ3v) is 5.67. The fourth-order valence-electron chi connectivity index (χ4n) is 4.14. The van der Waals surface area contributed by atoms with Crippen LogP contribution < -0.4 is 0 Å². The fraction of sp³-hybridized carbons (Fsp3) is 0.833. The SMILES string of the molecule is CCC(=O)OC(C)(C)[C@@H]1CC[C@@]2(C)CCCC(C)=C2C1. The van der Waals surface area contributed by atoms with Crippen molar-refractivity contribution < 1.29 is 9.53 Å². The van der Waals surface area contributed by atoms with Gasteiger partial charge in [0.1, 0.15) is 5.60 Å². The quantitative estimate of drug-likeness (QED) is 0.535. The second kappa shape index (κ2) is 5.54. The number of ether oxygens (including phenoxy) is 1.